The molecule has 0 saturated heterocycles. The lowest BCUT2D eigenvalue weighted by molar-refractivity contribution is 0.628. The molecule has 0 aliphatic carbocycles. The van der Waals surface area contributed by atoms with E-state index >= 15 is 0 Å². The van der Waals surface area contributed by atoms with E-state index in [1.807, 2.05) is 17.5 Å². The Morgan fingerprint density at radius 3 is 2.81 bits per heavy atom. The van der Waals surface area contributed by atoms with E-state index < -0.39 is 0 Å². The van der Waals surface area contributed by atoms with Gasteiger partial charge >= 0.3 is 0 Å². The molecule has 2 aromatic carbocycles. The van der Waals surface area contributed by atoms with Crippen LogP contribution in [0.15, 0.2) is 47.8 Å². The standard InChI is InChI=1S/C16H8ClFN2S/c17-14-7-12(18)4-5-13(14)16-20-15(9-21-16)11-3-1-2-10(6-11)8-19/h1-7,9H. The third-order valence-corrected chi connectivity index (χ3v) is 4.14. The highest BCUT2D eigenvalue weighted by molar-refractivity contribution is 7.13. The number of halogens is 2. The summed E-state index contributed by atoms with van der Waals surface area (Å²) in [6.45, 7) is 0. The number of nitrogens with zero attached hydrogens (tertiary/aromatic N) is 2. The van der Waals surface area contributed by atoms with Crippen molar-refractivity contribution in [2.75, 3.05) is 0 Å². The van der Waals surface area contributed by atoms with Crippen LogP contribution >= 0.6 is 22.9 Å². The molecule has 0 amide bonds. The van der Waals surface area contributed by atoms with Gasteiger partial charge in [0, 0.05) is 16.5 Å². The third kappa shape index (κ3) is 2.80. The SMILES string of the molecule is N#Cc1cccc(-c2csc(-c3ccc(F)cc3Cl)n2)c1. The second-order valence-corrected chi connectivity index (χ2v) is 5.62. The van der Waals surface area contributed by atoms with Crippen molar-refractivity contribution in [1.82, 2.24) is 4.98 Å². The first-order chi connectivity index (χ1) is 10.2. The van der Waals surface area contributed by atoms with E-state index in [4.69, 9.17) is 16.9 Å². The van der Waals surface area contributed by atoms with E-state index in [9.17, 15) is 4.39 Å². The van der Waals surface area contributed by atoms with Gasteiger partial charge in [-0.3, -0.25) is 0 Å². The second-order valence-electron chi connectivity index (χ2n) is 4.35. The number of hydrogen-bond acceptors (Lipinski definition) is 3. The van der Waals surface area contributed by atoms with Crippen LogP contribution in [0.1, 0.15) is 5.56 Å². The predicted octanol–water partition coefficient (Wildman–Crippen LogP) is 5.14. The Hall–Kier alpha value is -2.22. The van der Waals surface area contributed by atoms with Crippen LogP contribution in [0.2, 0.25) is 5.02 Å². The first kappa shape index (κ1) is 13.7. The average Bonchev–Trinajstić information content (AvgIpc) is 2.97. The Morgan fingerprint density at radius 1 is 1.19 bits per heavy atom. The lowest BCUT2D eigenvalue weighted by Crippen LogP contribution is -1.83. The van der Waals surface area contributed by atoms with Gasteiger partial charge in [0.15, 0.2) is 0 Å². The molecule has 0 atom stereocenters. The van der Waals surface area contributed by atoms with E-state index in [1.54, 1.807) is 18.2 Å². The number of hydrogen-bond donors (Lipinski definition) is 0. The van der Waals surface area contributed by atoms with Gasteiger partial charge in [0.2, 0.25) is 0 Å². The van der Waals surface area contributed by atoms with Crippen LogP contribution in [-0.4, -0.2) is 4.98 Å². The highest BCUT2D eigenvalue weighted by atomic mass is 35.5. The summed E-state index contributed by atoms with van der Waals surface area (Å²) in [4.78, 5) is 4.52. The Labute approximate surface area is 130 Å². The molecule has 0 N–H and O–H groups in total. The summed E-state index contributed by atoms with van der Waals surface area (Å²) in [5.74, 6) is -0.373. The summed E-state index contributed by atoms with van der Waals surface area (Å²) >= 11 is 7.48. The minimum absolute atomic E-state index is 0.335. The predicted molar refractivity (Wildman–Crippen MR) is 82.7 cm³/mol. The Morgan fingerprint density at radius 2 is 2.05 bits per heavy atom. The topological polar surface area (TPSA) is 36.7 Å². The molecule has 5 heteroatoms. The first-order valence-corrected chi connectivity index (χ1v) is 7.34. The fraction of sp³-hybridized carbons (Fsp3) is 0. The number of rotatable bonds is 2. The molecule has 0 unspecified atom stereocenters. The maximum Gasteiger partial charge on any atom is 0.125 e. The highest BCUT2D eigenvalue weighted by Gasteiger charge is 2.10. The molecule has 1 aromatic heterocycles. The van der Waals surface area contributed by atoms with Crippen LogP contribution in [0, 0.1) is 17.1 Å². The van der Waals surface area contributed by atoms with E-state index in [-0.39, 0.29) is 5.82 Å². The van der Waals surface area contributed by atoms with Gasteiger partial charge in [-0.15, -0.1) is 11.3 Å². The third-order valence-electron chi connectivity index (χ3n) is 2.95. The molecule has 3 aromatic rings. The molecule has 3 rings (SSSR count). The number of thiazole rings is 1. The van der Waals surface area contributed by atoms with Crippen molar-refractivity contribution in [2.24, 2.45) is 0 Å². The van der Waals surface area contributed by atoms with Crippen molar-refractivity contribution >= 4 is 22.9 Å². The molecule has 0 fully saturated rings. The Bertz CT molecular complexity index is 851. The van der Waals surface area contributed by atoms with E-state index in [1.165, 1.54) is 23.5 Å². The van der Waals surface area contributed by atoms with Crippen molar-refractivity contribution in [3.8, 4) is 27.9 Å². The van der Waals surface area contributed by atoms with Gasteiger partial charge in [0.1, 0.15) is 10.8 Å². The van der Waals surface area contributed by atoms with Crippen molar-refractivity contribution in [3.63, 3.8) is 0 Å². The smallest absolute Gasteiger partial charge is 0.125 e. The van der Waals surface area contributed by atoms with Gasteiger partial charge in [-0.05, 0) is 30.3 Å². The lowest BCUT2D eigenvalue weighted by atomic mass is 10.1. The molecule has 0 bridgehead atoms. The van der Waals surface area contributed by atoms with Crippen LogP contribution < -0.4 is 0 Å². The van der Waals surface area contributed by atoms with Crippen LogP contribution in [0.25, 0.3) is 21.8 Å². The number of aromatic nitrogens is 1. The Balaban J connectivity index is 2.02. The van der Waals surface area contributed by atoms with Crippen LogP contribution in [-0.2, 0) is 0 Å². The maximum atomic E-state index is 13.1. The minimum atomic E-state index is -0.373. The van der Waals surface area contributed by atoms with Crippen molar-refractivity contribution in [2.45, 2.75) is 0 Å². The molecule has 0 saturated carbocycles. The summed E-state index contributed by atoms with van der Waals surface area (Å²) in [5, 5.41) is 11.9. The van der Waals surface area contributed by atoms with Gasteiger partial charge in [0.05, 0.1) is 22.3 Å². The summed E-state index contributed by atoms with van der Waals surface area (Å²) in [6, 6.07) is 13.6. The molecule has 2 nitrogen and oxygen atoms in total. The molecular formula is C16H8ClFN2S. The van der Waals surface area contributed by atoms with E-state index in [0.717, 1.165) is 16.3 Å². The van der Waals surface area contributed by atoms with Crippen molar-refractivity contribution in [1.29, 1.82) is 5.26 Å². The van der Waals surface area contributed by atoms with Crippen molar-refractivity contribution < 1.29 is 4.39 Å². The monoisotopic (exact) mass is 314 g/mol. The van der Waals surface area contributed by atoms with Gasteiger partial charge in [-0.2, -0.15) is 5.26 Å². The quantitative estimate of drug-likeness (QED) is 0.656. The lowest BCUT2D eigenvalue weighted by Gasteiger charge is -2.00. The normalized spacial score (nSPS) is 10.3. The molecule has 21 heavy (non-hydrogen) atoms. The molecule has 102 valence electrons. The largest absolute Gasteiger partial charge is 0.236 e. The summed E-state index contributed by atoms with van der Waals surface area (Å²) < 4.78 is 13.1. The summed E-state index contributed by atoms with van der Waals surface area (Å²) in [5.41, 5.74) is 2.93. The zero-order valence-electron chi connectivity index (χ0n) is 10.7. The first-order valence-electron chi connectivity index (χ1n) is 6.09. The van der Waals surface area contributed by atoms with Gasteiger partial charge < -0.3 is 0 Å². The molecule has 0 radical (unpaired) electrons. The Kier molecular flexibility index (Phi) is 3.70. The fourth-order valence-electron chi connectivity index (χ4n) is 1.94. The molecule has 0 spiro atoms. The number of benzene rings is 2. The zero-order chi connectivity index (χ0) is 14.8. The van der Waals surface area contributed by atoms with Crippen LogP contribution in [0.5, 0.6) is 0 Å². The zero-order valence-corrected chi connectivity index (χ0v) is 12.2. The van der Waals surface area contributed by atoms with Crippen LogP contribution in [0.3, 0.4) is 0 Å². The molecule has 1 heterocycles. The molecular weight excluding hydrogens is 307 g/mol. The van der Waals surface area contributed by atoms with E-state index in [2.05, 4.69) is 11.1 Å². The second kappa shape index (κ2) is 5.65. The van der Waals surface area contributed by atoms with Gasteiger partial charge in [-0.1, -0.05) is 23.7 Å². The minimum Gasteiger partial charge on any atom is -0.236 e. The van der Waals surface area contributed by atoms with Crippen molar-refractivity contribution in [3.05, 3.63) is 64.2 Å². The molecule has 0 aliphatic rings. The summed E-state index contributed by atoms with van der Waals surface area (Å²) in [7, 11) is 0. The summed E-state index contributed by atoms with van der Waals surface area (Å²) in [6.07, 6.45) is 0. The van der Waals surface area contributed by atoms with Gasteiger partial charge in [-0.25, -0.2) is 9.37 Å². The number of nitriles is 1. The van der Waals surface area contributed by atoms with Crippen LogP contribution in [0.4, 0.5) is 4.39 Å². The van der Waals surface area contributed by atoms with Gasteiger partial charge in [0.25, 0.3) is 0 Å². The fourth-order valence-corrected chi connectivity index (χ4v) is 3.12. The van der Waals surface area contributed by atoms with E-state index in [0.29, 0.717) is 16.1 Å². The highest BCUT2D eigenvalue weighted by Crippen LogP contribution is 2.33. The average molecular weight is 315 g/mol. The molecule has 0 aliphatic heterocycles. The maximum absolute atomic E-state index is 13.1.